The Balaban J connectivity index is 2.22. The van der Waals surface area contributed by atoms with Crippen LogP contribution in [-0.2, 0) is 10.0 Å². The zero-order valence-corrected chi connectivity index (χ0v) is 13.6. The third-order valence-electron chi connectivity index (χ3n) is 4.12. The maximum atomic E-state index is 12.7. The van der Waals surface area contributed by atoms with Crippen LogP contribution in [0.15, 0.2) is 23.1 Å². The number of benzene rings is 1. The molecule has 1 fully saturated rings. The second kappa shape index (κ2) is 5.84. The number of nitrogens with zero attached hydrogens (tertiary/aromatic N) is 2. The summed E-state index contributed by atoms with van der Waals surface area (Å²) in [5.41, 5.74) is 1.81. The average Bonchev–Trinajstić information content (AvgIpc) is 2.41. The molecule has 1 heterocycles. The van der Waals surface area contributed by atoms with Crippen LogP contribution in [0, 0.1) is 13.8 Å². The molecule has 20 heavy (non-hydrogen) atoms. The van der Waals surface area contributed by atoms with Gasteiger partial charge in [0.2, 0.25) is 10.0 Å². The Hall–Kier alpha value is -0.910. The molecule has 1 saturated heterocycles. The highest BCUT2D eigenvalue weighted by Crippen LogP contribution is 2.25. The lowest BCUT2D eigenvalue weighted by Crippen LogP contribution is -2.44. The first-order valence-electron chi connectivity index (χ1n) is 7.06. The van der Waals surface area contributed by atoms with Gasteiger partial charge >= 0.3 is 0 Å². The van der Waals surface area contributed by atoms with Gasteiger partial charge in [-0.25, -0.2) is 8.42 Å². The van der Waals surface area contributed by atoms with Crippen molar-refractivity contribution in [3.63, 3.8) is 0 Å². The normalized spacial score (nSPS) is 18.6. The third-order valence-corrected chi connectivity index (χ3v) is 6.16. The largest absolute Gasteiger partial charge is 0.306 e. The Kier molecular flexibility index (Phi) is 4.52. The van der Waals surface area contributed by atoms with Gasteiger partial charge in [-0.15, -0.1) is 0 Å². The van der Waals surface area contributed by atoms with Crippen molar-refractivity contribution >= 4 is 10.0 Å². The van der Waals surface area contributed by atoms with Gasteiger partial charge in [-0.05, 0) is 58.0 Å². The molecule has 0 atom stereocenters. The summed E-state index contributed by atoms with van der Waals surface area (Å²) in [4.78, 5) is 2.64. The fourth-order valence-electron chi connectivity index (χ4n) is 2.72. The maximum Gasteiger partial charge on any atom is 0.243 e. The lowest BCUT2D eigenvalue weighted by atomic mass is 10.1. The molecule has 0 unspecified atom stereocenters. The van der Waals surface area contributed by atoms with Crippen LogP contribution >= 0.6 is 0 Å². The van der Waals surface area contributed by atoms with E-state index in [0.717, 1.165) is 24.0 Å². The van der Waals surface area contributed by atoms with Crippen LogP contribution in [0.4, 0.5) is 0 Å². The standard InChI is InChI=1S/C15H24N2O2S/c1-12-5-6-13(2)15(11-12)20(18,19)17-9-7-14(8-10-17)16(3)4/h5-6,11,14H,7-10H2,1-4H3. The van der Waals surface area contributed by atoms with Crippen LogP contribution in [0.3, 0.4) is 0 Å². The molecule has 0 saturated carbocycles. The second-order valence-corrected chi connectivity index (χ2v) is 7.77. The van der Waals surface area contributed by atoms with Crippen LogP contribution in [-0.4, -0.2) is 50.8 Å². The lowest BCUT2D eigenvalue weighted by molar-refractivity contribution is 0.196. The van der Waals surface area contributed by atoms with Crippen molar-refractivity contribution < 1.29 is 8.42 Å². The van der Waals surface area contributed by atoms with E-state index in [4.69, 9.17) is 0 Å². The van der Waals surface area contributed by atoms with Gasteiger partial charge in [0, 0.05) is 19.1 Å². The molecule has 1 aliphatic rings. The van der Waals surface area contributed by atoms with Crippen molar-refractivity contribution in [3.05, 3.63) is 29.3 Å². The molecule has 1 aliphatic heterocycles. The predicted molar refractivity (Wildman–Crippen MR) is 81.4 cm³/mol. The summed E-state index contributed by atoms with van der Waals surface area (Å²) in [6, 6.07) is 6.10. The quantitative estimate of drug-likeness (QED) is 0.857. The molecule has 1 aromatic rings. The summed E-state index contributed by atoms with van der Waals surface area (Å²) in [6.45, 7) is 5.01. The van der Waals surface area contributed by atoms with E-state index in [1.54, 1.807) is 10.4 Å². The van der Waals surface area contributed by atoms with Crippen LogP contribution in [0.25, 0.3) is 0 Å². The molecule has 5 heteroatoms. The first-order chi connectivity index (χ1) is 9.32. The molecule has 0 aromatic heterocycles. The van der Waals surface area contributed by atoms with Crippen molar-refractivity contribution in [1.29, 1.82) is 0 Å². The molecule has 2 rings (SSSR count). The van der Waals surface area contributed by atoms with Crippen molar-refractivity contribution in [2.45, 2.75) is 37.6 Å². The molecule has 112 valence electrons. The first kappa shape index (κ1) is 15.5. The lowest BCUT2D eigenvalue weighted by Gasteiger charge is -2.34. The maximum absolute atomic E-state index is 12.7. The molecule has 0 spiro atoms. The molecule has 1 aromatic carbocycles. The molecule has 4 nitrogen and oxygen atoms in total. The highest BCUT2D eigenvalue weighted by molar-refractivity contribution is 7.89. The van der Waals surface area contributed by atoms with Crippen LogP contribution in [0.5, 0.6) is 0 Å². The molecule has 0 radical (unpaired) electrons. The summed E-state index contributed by atoms with van der Waals surface area (Å²) in [5, 5.41) is 0. The predicted octanol–water partition coefficient (Wildman–Crippen LogP) is 2.02. The SMILES string of the molecule is Cc1ccc(C)c(S(=O)(=O)N2CCC(N(C)C)CC2)c1. The Labute approximate surface area is 122 Å². The monoisotopic (exact) mass is 296 g/mol. The van der Waals surface area contributed by atoms with E-state index in [1.165, 1.54) is 0 Å². The van der Waals surface area contributed by atoms with E-state index < -0.39 is 10.0 Å². The van der Waals surface area contributed by atoms with Gasteiger partial charge in [0.05, 0.1) is 4.90 Å². The highest BCUT2D eigenvalue weighted by atomic mass is 32.2. The van der Waals surface area contributed by atoms with Gasteiger partial charge in [-0.2, -0.15) is 4.31 Å². The topological polar surface area (TPSA) is 40.6 Å². The van der Waals surface area contributed by atoms with Crippen LogP contribution < -0.4 is 0 Å². The minimum atomic E-state index is -3.35. The van der Waals surface area contributed by atoms with Crippen molar-refractivity contribution in [1.82, 2.24) is 9.21 Å². The number of hydrogen-bond acceptors (Lipinski definition) is 3. The number of aryl methyl sites for hydroxylation is 2. The molecular weight excluding hydrogens is 272 g/mol. The first-order valence-corrected chi connectivity index (χ1v) is 8.50. The molecule has 0 bridgehead atoms. The molecule has 0 aliphatic carbocycles. The van der Waals surface area contributed by atoms with Gasteiger partial charge in [0.1, 0.15) is 0 Å². The Morgan fingerprint density at radius 1 is 1.15 bits per heavy atom. The van der Waals surface area contributed by atoms with E-state index in [9.17, 15) is 8.42 Å². The fourth-order valence-corrected chi connectivity index (χ4v) is 4.50. The van der Waals surface area contributed by atoms with E-state index >= 15 is 0 Å². The van der Waals surface area contributed by atoms with Crippen molar-refractivity contribution in [3.8, 4) is 0 Å². The van der Waals surface area contributed by atoms with Gasteiger partial charge in [0.15, 0.2) is 0 Å². The summed E-state index contributed by atoms with van der Waals surface area (Å²) in [5.74, 6) is 0. The smallest absolute Gasteiger partial charge is 0.243 e. The second-order valence-electron chi connectivity index (χ2n) is 5.87. The van der Waals surface area contributed by atoms with Gasteiger partial charge in [0.25, 0.3) is 0 Å². The third kappa shape index (κ3) is 3.05. The fraction of sp³-hybridized carbons (Fsp3) is 0.600. The Morgan fingerprint density at radius 3 is 2.30 bits per heavy atom. The summed E-state index contributed by atoms with van der Waals surface area (Å²) in [6.07, 6.45) is 1.80. The van der Waals surface area contributed by atoms with Crippen LogP contribution in [0.2, 0.25) is 0 Å². The van der Waals surface area contributed by atoms with Crippen molar-refractivity contribution in [2.75, 3.05) is 27.2 Å². The molecular formula is C15H24N2O2S. The minimum Gasteiger partial charge on any atom is -0.306 e. The number of sulfonamides is 1. The van der Waals surface area contributed by atoms with Gasteiger partial charge in [-0.3, -0.25) is 0 Å². The van der Waals surface area contributed by atoms with E-state index in [0.29, 0.717) is 24.0 Å². The Bertz CT molecular complexity index is 574. The summed E-state index contributed by atoms with van der Waals surface area (Å²) < 4.78 is 27.1. The van der Waals surface area contributed by atoms with E-state index in [-0.39, 0.29) is 0 Å². The average molecular weight is 296 g/mol. The summed E-state index contributed by atoms with van der Waals surface area (Å²) >= 11 is 0. The van der Waals surface area contributed by atoms with Crippen LogP contribution in [0.1, 0.15) is 24.0 Å². The van der Waals surface area contributed by atoms with Gasteiger partial charge < -0.3 is 4.90 Å². The van der Waals surface area contributed by atoms with E-state index in [2.05, 4.69) is 19.0 Å². The minimum absolute atomic E-state index is 0.459. The number of hydrogen-bond donors (Lipinski definition) is 0. The van der Waals surface area contributed by atoms with Crippen molar-refractivity contribution in [2.24, 2.45) is 0 Å². The number of piperidine rings is 1. The van der Waals surface area contributed by atoms with Gasteiger partial charge in [-0.1, -0.05) is 12.1 Å². The zero-order chi connectivity index (χ0) is 14.9. The molecule has 0 amide bonds. The zero-order valence-electron chi connectivity index (χ0n) is 12.8. The highest BCUT2D eigenvalue weighted by Gasteiger charge is 2.30. The molecule has 0 N–H and O–H groups in total. The summed E-state index contributed by atoms with van der Waals surface area (Å²) in [7, 11) is 0.761. The van der Waals surface area contributed by atoms with E-state index in [1.807, 2.05) is 26.0 Å². The number of rotatable bonds is 3. The Morgan fingerprint density at radius 2 is 1.75 bits per heavy atom.